The van der Waals surface area contributed by atoms with Crippen molar-refractivity contribution in [3.8, 4) is 6.07 Å². The van der Waals surface area contributed by atoms with Gasteiger partial charge in [0.05, 0.1) is 5.69 Å². The fraction of sp³-hybridized carbons (Fsp3) is 0.500. The van der Waals surface area contributed by atoms with Crippen molar-refractivity contribution < 1.29 is 4.39 Å². The Morgan fingerprint density at radius 1 is 1.39 bits per heavy atom. The number of hydrogen-bond donors (Lipinski definition) is 1. The maximum atomic E-state index is 13.6. The summed E-state index contributed by atoms with van der Waals surface area (Å²) in [7, 11) is 0. The molecule has 4 heteroatoms. The lowest BCUT2D eigenvalue weighted by atomic mass is 9.94. The van der Waals surface area contributed by atoms with Crippen LogP contribution in [0.2, 0.25) is 0 Å². The fourth-order valence-electron chi connectivity index (χ4n) is 3.13. The maximum Gasteiger partial charge on any atom is 0.143 e. The van der Waals surface area contributed by atoms with Crippen LogP contribution in [-0.2, 0) is 0 Å². The average molecular weight is 245 g/mol. The molecule has 18 heavy (non-hydrogen) atoms. The fourth-order valence-corrected chi connectivity index (χ4v) is 3.13. The summed E-state index contributed by atoms with van der Waals surface area (Å²) < 4.78 is 13.6. The predicted molar refractivity (Wildman–Crippen MR) is 67.8 cm³/mol. The number of nitrogens with zero attached hydrogens (tertiary/aromatic N) is 2. The Morgan fingerprint density at radius 2 is 2.28 bits per heavy atom. The molecule has 2 aliphatic rings. The lowest BCUT2D eigenvalue weighted by Crippen LogP contribution is -2.40. The molecule has 0 bridgehead atoms. The minimum Gasteiger partial charge on any atom is -0.368 e. The highest BCUT2D eigenvalue weighted by molar-refractivity contribution is 5.60. The summed E-state index contributed by atoms with van der Waals surface area (Å²) in [5, 5.41) is 12.6. The third-order valence-electron chi connectivity index (χ3n) is 4.04. The van der Waals surface area contributed by atoms with E-state index in [4.69, 9.17) is 5.26 Å². The van der Waals surface area contributed by atoms with Gasteiger partial charge in [0.1, 0.15) is 17.4 Å². The van der Waals surface area contributed by atoms with E-state index < -0.39 is 5.82 Å². The van der Waals surface area contributed by atoms with E-state index in [9.17, 15) is 4.39 Å². The van der Waals surface area contributed by atoms with Gasteiger partial charge in [-0.25, -0.2) is 4.39 Å². The van der Waals surface area contributed by atoms with Gasteiger partial charge in [0.2, 0.25) is 0 Å². The number of benzene rings is 1. The van der Waals surface area contributed by atoms with Gasteiger partial charge in [-0.3, -0.25) is 0 Å². The van der Waals surface area contributed by atoms with Crippen LogP contribution in [0.15, 0.2) is 18.2 Å². The van der Waals surface area contributed by atoms with Crippen molar-refractivity contribution in [1.82, 2.24) is 5.32 Å². The lowest BCUT2D eigenvalue weighted by Gasteiger charge is -2.24. The number of nitriles is 1. The number of halogens is 1. The van der Waals surface area contributed by atoms with E-state index in [0.29, 0.717) is 12.0 Å². The largest absolute Gasteiger partial charge is 0.368 e. The van der Waals surface area contributed by atoms with Gasteiger partial charge in [-0.2, -0.15) is 5.26 Å². The van der Waals surface area contributed by atoms with Gasteiger partial charge < -0.3 is 10.2 Å². The van der Waals surface area contributed by atoms with Gasteiger partial charge in [-0.1, -0.05) is 6.07 Å². The van der Waals surface area contributed by atoms with Gasteiger partial charge in [-0.05, 0) is 37.4 Å². The number of anilines is 1. The van der Waals surface area contributed by atoms with Crippen molar-refractivity contribution in [1.29, 1.82) is 5.26 Å². The molecule has 2 heterocycles. The summed E-state index contributed by atoms with van der Waals surface area (Å²) >= 11 is 0. The monoisotopic (exact) mass is 245 g/mol. The zero-order valence-corrected chi connectivity index (χ0v) is 10.2. The number of fused-ring (bicyclic) bond motifs is 1. The highest BCUT2D eigenvalue weighted by Gasteiger charge is 2.35. The highest BCUT2D eigenvalue weighted by atomic mass is 19.1. The topological polar surface area (TPSA) is 39.1 Å². The summed E-state index contributed by atoms with van der Waals surface area (Å²) in [6.07, 6.45) is 2.44. The Balaban J connectivity index is 1.88. The van der Waals surface area contributed by atoms with E-state index >= 15 is 0 Å². The molecule has 2 aliphatic heterocycles. The first kappa shape index (κ1) is 11.5. The van der Waals surface area contributed by atoms with Crippen LogP contribution in [0, 0.1) is 23.1 Å². The molecule has 0 amide bonds. The Labute approximate surface area is 106 Å². The van der Waals surface area contributed by atoms with E-state index in [2.05, 4.69) is 10.2 Å². The minimum atomic E-state index is -0.419. The van der Waals surface area contributed by atoms with E-state index in [1.165, 1.54) is 18.9 Å². The zero-order chi connectivity index (χ0) is 12.5. The van der Waals surface area contributed by atoms with Crippen molar-refractivity contribution >= 4 is 5.69 Å². The van der Waals surface area contributed by atoms with Crippen LogP contribution in [0.1, 0.15) is 18.4 Å². The standard InChI is InChI=1S/C14H16FN3/c15-12-4-1-5-14(11(12)7-16)18-8-10-3-2-6-17-13(10)9-18/h1,4-5,10,13,17H,2-3,6,8-9H2. The van der Waals surface area contributed by atoms with Crippen molar-refractivity contribution in [2.45, 2.75) is 18.9 Å². The van der Waals surface area contributed by atoms with Crippen molar-refractivity contribution in [3.05, 3.63) is 29.6 Å². The molecule has 1 aromatic rings. The van der Waals surface area contributed by atoms with Crippen molar-refractivity contribution in [2.24, 2.45) is 5.92 Å². The number of piperidine rings is 1. The van der Waals surface area contributed by atoms with E-state index in [-0.39, 0.29) is 5.56 Å². The summed E-state index contributed by atoms with van der Waals surface area (Å²) in [5.41, 5.74) is 0.921. The smallest absolute Gasteiger partial charge is 0.143 e. The van der Waals surface area contributed by atoms with Crippen LogP contribution in [0.25, 0.3) is 0 Å². The van der Waals surface area contributed by atoms with Crippen LogP contribution in [0.5, 0.6) is 0 Å². The second-order valence-corrected chi connectivity index (χ2v) is 5.11. The summed E-state index contributed by atoms with van der Waals surface area (Å²) in [4.78, 5) is 2.15. The molecule has 2 atom stereocenters. The molecular weight excluding hydrogens is 229 g/mol. The van der Waals surface area contributed by atoms with Crippen LogP contribution in [0.3, 0.4) is 0 Å². The second-order valence-electron chi connectivity index (χ2n) is 5.11. The van der Waals surface area contributed by atoms with Gasteiger partial charge in [0, 0.05) is 19.1 Å². The van der Waals surface area contributed by atoms with E-state index in [1.807, 2.05) is 12.1 Å². The molecular formula is C14H16FN3. The number of hydrogen-bond acceptors (Lipinski definition) is 3. The Hall–Kier alpha value is -1.60. The van der Waals surface area contributed by atoms with Crippen LogP contribution in [-0.4, -0.2) is 25.7 Å². The Kier molecular flexibility index (Phi) is 2.92. The van der Waals surface area contributed by atoms with Crippen LogP contribution < -0.4 is 10.2 Å². The van der Waals surface area contributed by atoms with Gasteiger partial charge in [0.15, 0.2) is 0 Å². The molecule has 0 aromatic heterocycles. The van der Waals surface area contributed by atoms with E-state index in [0.717, 1.165) is 25.3 Å². The normalized spacial score (nSPS) is 26.8. The molecule has 3 rings (SSSR count). The summed E-state index contributed by atoms with van der Waals surface area (Å²) in [5.74, 6) is 0.214. The highest BCUT2D eigenvalue weighted by Crippen LogP contribution is 2.31. The molecule has 0 spiro atoms. The van der Waals surface area contributed by atoms with E-state index in [1.54, 1.807) is 6.07 Å². The third-order valence-corrected chi connectivity index (χ3v) is 4.04. The molecule has 2 unspecified atom stereocenters. The first-order chi connectivity index (χ1) is 8.79. The number of rotatable bonds is 1. The Morgan fingerprint density at radius 3 is 3.06 bits per heavy atom. The third kappa shape index (κ3) is 1.85. The quantitative estimate of drug-likeness (QED) is 0.821. The molecule has 94 valence electrons. The first-order valence-electron chi connectivity index (χ1n) is 6.46. The Bertz CT molecular complexity index is 480. The second kappa shape index (κ2) is 4.58. The molecule has 3 nitrogen and oxygen atoms in total. The van der Waals surface area contributed by atoms with Crippen molar-refractivity contribution in [3.63, 3.8) is 0 Å². The SMILES string of the molecule is N#Cc1c(F)cccc1N1CC2CCCNC2C1. The predicted octanol–water partition coefficient (Wildman–Crippen LogP) is 1.89. The van der Waals surface area contributed by atoms with Crippen LogP contribution in [0.4, 0.5) is 10.1 Å². The zero-order valence-electron chi connectivity index (χ0n) is 10.2. The first-order valence-corrected chi connectivity index (χ1v) is 6.46. The maximum absolute atomic E-state index is 13.6. The molecule has 1 N–H and O–H groups in total. The molecule has 0 aliphatic carbocycles. The van der Waals surface area contributed by atoms with Gasteiger partial charge in [0.25, 0.3) is 0 Å². The van der Waals surface area contributed by atoms with Crippen molar-refractivity contribution in [2.75, 3.05) is 24.5 Å². The molecule has 2 saturated heterocycles. The summed E-state index contributed by atoms with van der Waals surface area (Å²) in [6.45, 7) is 2.88. The minimum absolute atomic E-state index is 0.177. The molecule has 1 aromatic carbocycles. The molecule has 2 fully saturated rings. The van der Waals surface area contributed by atoms with Crippen LogP contribution >= 0.6 is 0 Å². The average Bonchev–Trinajstić information content (AvgIpc) is 2.82. The summed E-state index contributed by atoms with van der Waals surface area (Å²) in [6, 6.07) is 7.36. The lowest BCUT2D eigenvalue weighted by molar-refractivity contribution is 0.340. The van der Waals surface area contributed by atoms with Gasteiger partial charge >= 0.3 is 0 Å². The number of nitrogens with one attached hydrogen (secondary N) is 1. The molecule has 0 radical (unpaired) electrons. The van der Waals surface area contributed by atoms with Gasteiger partial charge in [-0.15, -0.1) is 0 Å². The molecule has 0 saturated carbocycles.